The van der Waals surface area contributed by atoms with Crippen molar-refractivity contribution in [1.29, 1.82) is 0 Å². The van der Waals surface area contributed by atoms with Crippen LogP contribution < -0.4 is 4.74 Å². The molecule has 0 radical (unpaired) electrons. The van der Waals surface area contributed by atoms with E-state index in [2.05, 4.69) is 6.92 Å². The monoisotopic (exact) mass is 248 g/mol. The van der Waals surface area contributed by atoms with Gasteiger partial charge in [-0.15, -0.1) is 0 Å². The summed E-state index contributed by atoms with van der Waals surface area (Å²) in [6.07, 6.45) is 3.39. The molecule has 0 fully saturated rings. The quantitative estimate of drug-likeness (QED) is 0.439. The van der Waals surface area contributed by atoms with Crippen molar-refractivity contribution >= 4 is 5.97 Å². The van der Waals surface area contributed by atoms with Gasteiger partial charge in [-0.3, -0.25) is 0 Å². The van der Waals surface area contributed by atoms with E-state index >= 15 is 0 Å². The number of hydrogen-bond acceptors (Lipinski definition) is 3. The van der Waals surface area contributed by atoms with Crippen molar-refractivity contribution in [3.05, 3.63) is 41.7 Å². The number of carbonyl (C=O) groups is 1. The van der Waals surface area contributed by atoms with Crippen LogP contribution in [0.3, 0.4) is 0 Å². The summed E-state index contributed by atoms with van der Waals surface area (Å²) in [7, 11) is 0. The zero-order valence-electron chi connectivity index (χ0n) is 11.2. The van der Waals surface area contributed by atoms with Crippen molar-refractivity contribution in [2.24, 2.45) is 0 Å². The van der Waals surface area contributed by atoms with E-state index < -0.39 is 0 Å². The van der Waals surface area contributed by atoms with Gasteiger partial charge in [0.05, 0.1) is 12.7 Å². The number of carbonyl (C=O) groups excluding carboxylic acids is 1. The first-order valence-electron chi connectivity index (χ1n) is 6.28. The molecule has 0 saturated carbocycles. The number of benzene rings is 1. The second kappa shape index (κ2) is 7.54. The number of ether oxygens (including phenoxy) is 2. The van der Waals surface area contributed by atoms with Crippen LogP contribution in [0.4, 0.5) is 0 Å². The molecule has 98 valence electrons. The molecule has 0 N–H and O–H groups in total. The van der Waals surface area contributed by atoms with Gasteiger partial charge in [-0.25, -0.2) is 4.79 Å². The van der Waals surface area contributed by atoms with Gasteiger partial charge in [-0.05, 0) is 31.9 Å². The van der Waals surface area contributed by atoms with Crippen LogP contribution in [0.5, 0.6) is 5.75 Å². The lowest BCUT2D eigenvalue weighted by molar-refractivity contribution is -0.137. The summed E-state index contributed by atoms with van der Waals surface area (Å²) >= 11 is 0. The first kappa shape index (κ1) is 14.3. The van der Waals surface area contributed by atoms with Crippen LogP contribution in [0.25, 0.3) is 0 Å². The minimum absolute atomic E-state index is 0.370. The Morgan fingerprint density at radius 2 is 2.00 bits per heavy atom. The minimum atomic E-state index is -0.372. The number of para-hydroxylation sites is 1. The van der Waals surface area contributed by atoms with Crippen molar-refractivity contribution in [3.8, 4) is 5.75 Å². The summed E-state index contributed by atoms with van der Waals surface area (Å²) in [6, 6.07) is 7.86. The van der Waals surface area contributed by atoms with Crippen LogP contribution in [0, 0.1) is 0 Å². The zero-order valence-corrected chi connectivity index (χ0v) is 11.2. The first-order valence-corrected chi connectivity index (χ1v) is 6.28. The largest absolute Gasteiger partial charge is 0.463 e. The number of rotatable bonds is 6. The van der Waals surface area contributed by atoms with Crippen LogP contribution in [0.2, 0.25) is 0 Å². The van der Waals surface area contributed by atoms with Gasteiger partial charge in [0.25, 0.3) is 0 Å². The first-order chi connectivity index (χ1) is 8.67. The van der Waals surface area contributed by atoms with Crippen LogP contribution >= 0.6 is 0 Å². The Kier molecular flexibility index (Phi) is 5.98. The number of aryl methyl sites for hydroxylation is 1. The van der Waals surface area contributed by atoms with Gasteiger partial charge in [0, 0.05) is 0 Å². The number of hydrogen-bond donors (Lipinski definition) is 0. The van der Waals surface area contributed by atoms with E-state index in [1.54, 1.807) is 13.8 Å². The molecular weight excluding hydrogens is 228 g/mol. The lowest BCUT2D eigenvalue weighted by Crippen LogP contribution is -2.03. The summed E-state index contributed by atoms with van der Waals surface area (Å²) in [5.74, 6) is 0.970. The predicted octanol–water partition coefficient (Wildman–Crippen LogP) is 3.48. The lowest BCUT2D eigenvalue weighted by atomic mass is 10.1. The summed E-state index contributed by atoms with van der Waals surface area (Å²) < 4.78 is 10.5. The average molecular weight is 248 g/mol. The van der Waals surface area contributed by atoms with E-state index in [-0.39, 0.29) is 5.97 Å². The summed E-state index contributed by atoms with van der Waals surface area (Å²) in [5.41, 5.74) is 1.15. The highest BCUT2D eigenvalue weighted by atomic mass is 16.5. The van der Waals surface area contributed by atoms with E-state index in [9.17, 15) is 4.79 Å². The molecule has 0 unspecified atom stereocenters. The highest BCUT2D eigenvalue weighted by Gasteiger charge is 2.04. The molecule has 1 aromatic carbocycles. The van der Waals surface area contributed by atoms with Gasteiger partial charge in [-0.2, -0.15) is 0 Å². The fourth-order valence-electron chi connectivity index (χ4n) is 1.63. The second-order valence-electron chi connectivity index (χ2n) is 3.97. The Bertz CT molecular complexity index is 422. The molecule has 3 nitrogen and oxygen atoms in total. The molecule has 1 aromatic rings. The lowest BCUT2D eigenvalue weighted by Gasteiger charge is -2.10. The van der Waals surface area contributed by atoms with Gasteiger partial charge in [0.15, 0.2) is 0 Å². The Morgan fingerprint density at radius 1 is 1.28 bits per heavy atom. The van der Waals surface area contributed by atoms with Crippen molar-refractivity contribution in [1.82, 2.24) is 0 Å². The van der Waals surface area contributed by atoms with Crippen molar-refractivity contribution in [3.63, 3.8) is 0 Å². The SMILES string of the molecule is CCCc1ccccc1OC(C)=CC(=O)OCC. The molecule has 0 aromatic heterocycles. The third kappa shape index (κ3) is 4.62. The fourth-order valence-corrected chi connectivity index (χ4v) is 1.63. The molecule has 0 atom stereocenters. The summed E-state index contributed by atoms with van der Waals surface area (Å²) in [4.78, 5) is 11.3. The molecular formula is C15H20O3. The number of esters is 1. The van der Waals surface area contributed by atoms with Gasteiger partial charge in [0.2, 0.25) is 0 Å². The van der Waals surface area contributed by atoms with Crippen molar-refractivity contribution in [2.75, 3.05) is 6.61 Å². The van der Waals surface area contributed by atoms with E-state index in [0.717, 1.165) is 24.2 Å². The smallest absolute Gasteiger partial charge is 0.334 e. The summed E-state index contributed by atoms with van der Waals surface area (Å²) in [5, 5.41) is 0. The number of allylic oxidation sites excluding steroid dienone is 1. The van der Waals surface area contributed by atoms with Gasteiger partial charge >= 0.3 is 5.97 Å². The van der Waals surface area contributed by atoms with Crippen LogP contribution in [0.15, 0.2) is 36.1 Å². The molecule has 0 spiro atoms. The Labute approximate surface area is 108 Å². The van der Waals surface area contributed by atoms with Crippen LogP contribution in [0.1, 0.15) is 32.8 Å². The van der Waals surface area contributed by atoms with Gasteiger partial charge in [-0.1, -0.05) is 31.5 Å². The molecule has 1 rings (SSSR count). The third-order valence-electron chi connectivity index (χ3n) is 2.37. The fraction of sp³-hybridized carbons (Fsp3) is 0.400. The molecule has 0 aliphatic carbocycles. The topological polar surface area (TPSA) is 35.5 Å². The molecule has 0 bridgehead atoms. The Morgan fingerprint density at radius 3 is 2.67 bits per heavy atom. The normalized spacial score (nSPS) is 11.2. The maximum Gasteiger partial charge on any atom is 0.334 e. The van der Waals surface area contributed by atoms with E-state index in [0.29, 0.717) is 12.4 Å². The Balaban J connectivity index is 2.74. The molecule has 0 aliphatic heterocycles. The predicted molar refractivity (Wildman–Crippen MR) is 71.5 cm³/mol. The minimum Gasteiger partial charge on any atom is -0.463 e. The molecule has 3 heteroatoms. The molecule has 0 heterocycles. The van der Waals surface area contributed by atoms with Crippen LogP contribution in [-0.4, -0.2) is 12.6 Å². The van der Waals surface area contributed by atoms with Gasteiger partial charge in [0.1, 0.15) is 11.5 Å². The average Bonchev–Trinajstić information content (AvgIpc) is 2.32. The van der Waals surface area contributed by atoms with E-state index in [1.165, 1.54) is 6.08 Å². The highest BCUT2D eigenvalue weighted by molar-refractivity contribution is 5.82. The maximum atomic E-state index is 11.3. The molecule has 0 saturated heterocycles. The second-order valence-corrected chi connectivity index (χ2v) is 3.97. The van der Waals surface area contributed by atoms with Crippen molar-refractivity contribution in [2.45, 2.75) is 33.6 Å². The summed E-state index contributed by atoms with van der Waals surface area (Å²) in [6.45, 7) is 6.02. The van der Waals surface area contributed by atoms with E-state index in [4.69, 9.17) is 9.47 Å². The molecule has 0 aliphatic rings. The highest BCUT2D eigenvalue weighted by Crippen LogP contribution is 2.21. The van der Waals surface area contributed by atoms with Gasteiger partial charge < -0.3 is 9.47 Å². The third-order valence-corrected chi connectivity index (χ3v) is 2.37. The van der Waals surface area contributed by atoms with Crippen molar-refractivity contribution < 1.29 is 14.3 Å². The Hall–Kier alpha value is -1.77. The van der Waals surface area contributed by atoms with Crippen LogP contribution in [-0.2, 0) is 16.0 Å². The zero-order chi connectivity index (χ0) is 13.4. The molecule has 0 amide bonds. The standard InChI is InChI=1S/C15H20O3/c1-4-8-13-9-6-7-10-14(13)18-12(3)11-15(16)17-5-2/h6-7,9-11H,4-5,8H2,1-3H3. The van der Waals surface area contributed by atoms with E-state index in [1.807, 2.05) is 24.3 Å². The maximum absolute atomic E-state index is 11.3. The molecule has 18 heavy (non-hydrogen) atoms.